The van der Waals surface area contributed by atoms with E-state index >= 15 is 0 Å². The van der Waals surface area contributed by atoms with Crippen LogP contribution >= 0.6 is 0 Å². The number of hydrogen-bond acceptors (Lipinski definition) is 5. The Morgan fingerprint density at radius 2 is 1.93 bits per heavy atom. The van der Waals surface area contributed by atoms with Crippen LogP contribution in [-0.4, -0.2) is 53.1 Å². The second-order valence-electron chi connectivity index (χ2n) is 8.23. The van der Waals surface area contributed by atoms with Crippen molar-refractivity contribution in [2.75, 3.05) is 31.1 Å². The highest BCUT2D eigenvalue weighted by atomic mass is 15.3. The van der Waals surface area contributed by atoms with Crippen molar-refractivity contribution >= 4 is 5.82 Å². The number of rotatable bonds is 3. The van der Waals surface area contributed by atoms with Gasteiger partial charge in [-0.3, -0.25) is 4.90 Å². The van der Waals surface area contributed by atoms with E-state index in [0.717, 1.165) is 50.0 Å². The molecule has 142 valence electrons. The molecule has 0 amide bonds. The van der Waals surface area contributed by atoms with Gasteiger partial charge in [-0.15, -0.1) is 0 Å². The number of likely N-dealkylation sites (tertiary alicyclic amines) is 1. The molecule has 0 bridgehead atoms. The number of benzene rings is 1. The Hall–Kier alpha value is -1.98. The van der Waals surface area contributed by atoms with Crippen LogP contribution in [0.2, 0.25) is 0 Å². The van der Waals surface area contributed by atoms with Gasteiger partial charge in [0.1, 0.15) is 5.82 Å². The smallest absolute Gasteiger partial charge is 0.161 e. The third-order valence-corrected chi connectivity index (χ3v) is 6.43. The lowest BCUT2D eigenvalue weighted by atomic mass is 9.96. The fourth-order valence-electron chi connectivity index (χ4n) is 4.82. The van der Waals surface area contributed by atoms with Crippen LogP contribution in [0, 0.1) is 0 Å². The van der Waals surface area contributed by atoms with E-state index in [1.807, 2.05) is 6.07 Å². The fourth-order valence-corrected chi connectivity index (χ4v) is 4.82. The summed E-state index contributed by atoms with van der Waals surface area (Å²) in [5, 5.41) is 3.47. The molecule has 1 aromatic carbocycles. The molecule has 3 aliphatic rings. The zero-order valence-corrected chi connectivity index (χ0v) is 16.2. The Labute approximate surface area is 161 Å². The summed E-state index contributed by atoms with van der Waals surface area (Å²) in [5.41, 5.74) is 3.65. The summed E-state index contributed by atoms with van der Waals surface area (Å²) in [6, 6.07) is 11.8. The van der Waals surface area contributed by atoms with E-state index in [-0.39, 0.29) is 0 Å². The number of nitrogens with zero attached hydrogens (tertiary/aromatic N) is 4. The molecule has 5 heteroatoms. The zero-order chi connectivity index (χ0) is 18.2. The van der Waals surface area contributed by atoms with Crippen molar-refractivity contribution in [3.8, 4) is 11.4 Å². The highest BCUT2D eigenvalue weighted by Crippen LogP contribution is 2.32. The Balaban J connectivity index is 1.42. The Bertz CT molecular complexity index is 800. The van der Waals surface area contributed by atoms with E-state index in [2.05, 4.69) is 46.3 Å². The number of fused-ring (bicyclic) bond motifs is 1. The van der Waals surface area contributed by atoms with Crippen LogP contribution in [0.15, 0.2) is 30.3 Å². The normalized spacial score (nSPS) is 23.7. The minimum Gasteiger partial charge on any atom is -0.353 e. The molecule has 1 aromatic heterocycles. The lowest BCUT2D eigenvalue weighted by Gasteiger charge is -2.50. The predicted molar refractivity (Wildman–Crippen MR) is 109 cm³/mol. The largest absolute Gasteiger partial charge is 0.353 e. The molecule has 0 unspecified atom stereocenters. The summed E-state index contributed by atoms with van der Waals surface area (Å²) in [6.45, 7) is 7.75. The SMILES string of the molecule is C[C@H]1CCCCN1C1CN(c2nc(-c3ccccc3)nc3c2CCNC3)C1. The molecule has 0 spiro atoms. The third-order valence-electron chi connectivity index (χ3n) is 6.43. The molecule has 0 aliphatic carbocycles. The molecular formula is C22H29N5. The van der Waals surface area contributed by atoms with Gasteiger partial charge in [0.25, 0.3) is 0 Å². The van der Waals surface area contributed by atoms with Gasteiger partial charge in [0.05, 0.1) is 5.69 Å². The van der Waals surface area contributed by atoms with E-state index in [1.54, 1.807) is 0 Å². The Morgan fingerprint density at radius 3 is 2.74 bits per heavy atom. The fraction of sp³-hybridized carbons (Fsp3) is 0.545. The van der Waals surface area contributed by atoms with Crippen LogP contribution in [0.25, 0.3) is 11.4 Å². The molecular weight excluding hydrogens is 334 g/mol. The molecule has 2 saturated heterocycles. The highest BCUT2D eigenvalue weighted by molar-refractivity contribution is 5.62. The molecule has 0 saturated carbocycles. The highest BCUT2D eigenvalue weighted by Gasteiger charge is 2.37. The minimum atomic E-state index is 0.688. The van der Waals surface area contributed by atoms with Crippen LogP contribution in [0.5, 0.6) is 0 Å². The third kappa shape index (κ3) is 3.23. The van der Waals surface area contributed by atoms with Crippen LogP contribution in [0.4, 0.5) is 5.82 Å². The van der Waals surface area contributed by atoms with Crippen molar-refractivity contribution in [1.29, 1.82) is 0 Å². The minimum absolute atomic E-state index is 0.688. The maximum Gasteiger partial charge on any atom is 0.161 e. The maximum absolute atomic E-state index is 5.05. The molecule has 0 radical (unpaired) electrons. The summed E-state index contributed by atoms with van der Waals surface area (Å²) in [6.07, 6.45) is 5.12. The van der Waals surface area contributed by atoms with Gasteiger partial charge in [-0.25, -0.2) is 9.97 Å². The zero-order valence-electron chi connectivity index (χ0n) is 16.2. The molecule has 3 aliphatic heterocycles. The molecule has 4 heterocycles. The second kappa shape index (κ2) is 7.21. The molecule has 2 fully saturated rings. The standard InChI is InChI=1S/C22H29N5/c1-16-7-5-6-12-27(16)18-14-26(15-18)22-19-10-11-23-13-20(19)24-21(25-22)17-8-3-2-4-9-17/h2-4,8-9,16,18,23H,5-7,10-15H2,1H3/t16-/m0/s1. The molecule has 2 aromatic rings. The van der Waals surface area contributed by atoms with Crippen LogP contribution in [0.1, 0.15) is 37.4 Å². The van der Waals surface area contributed by atoms with Crippen molar-refractivity contribution < 1.29 is 0 Å². The predicted octanol–water partition coefficient (Wildman–Crippen LogP) is 2.85. The van der Waals surface area contributed by atoms with Gasteiger partial charge in [0, 0.05) is 42.8 Å². The number of anilines is 1. The number of nitrogens with one attached hydrogen (secondary N) is 1. The topological polar surface area (TPSA) is 44.3 Å². The average Bonchev–Trinajstić information content (AvgIpc) is 2.69. The van der Waals surface area contributed by atoms with Gasteiger partial charge in [0.15, 0.2) is 5.82 Å². The molecule has 5 rings (SSSR count). The van der Waals surface area contributed by atoms with Crippen LogP contribution in [-0.2, 0) is 13.0 Å². The summed E-state index contributed by atoms with van der Waals surface area (Å²) >= 11 is 0. The van der Waals surface area contributed by atoms with E-state index < -0.39 is 0 Å². The van der Waals surface area contributed by atoms with E-state index in [4.69, 9.17) is 9.97 Å². The summed E-state index contributed by atoms with van der Waals surface area (Å²) in [4.78, 5) is 15.2. The van der Waals surface area contributed by atoms with E-state index in [9.17, 15) is 0 Å². The van der Waals surface area contributed by atoms with Crippen LogP contribution in [0.3, 0.4) is 0 Å². The lowest BCUT2D eigenvalue weighted by molar-refractivity contribution is 0.0872. The van der Waals surface area contributed by atoms with E-state index in [1.165, 1.54) is 42.9 Å². The Morgan fingerprint density at radius 1 is 1.07 bits per heavy atom. The summed E-state index contributed by atoms with van der Waals surface area (Å²) in [5.74, 6) is 2.05. The van der Waals surface area contributed by atoms with Gasteiger partial charge < -0.3 is 10.2 Å². The van der Waals surface area contributed by atoms with Crippen molar-refractivity contribution in [2.24, 2.45) is 0 Å². The number of piperidine rings is 1. The van der Waals surface area contributed by atoms with Gasteiger partial charge >= 0.3 is 0 Å². The lowest BCUT2D eigenvalue weighted by Crippen LogP contribution is -2.62. The van der Waals surface area contributed by atoms with Gasteiger partial charge in [0.2, 0.25) is 0 Å². The number of hydrogen-bond donors (Lipinski definition) is 1. The monoisotopic (exact) mass is 363 g/mol. The van der Waals surface area contributed by atoms with E-state index in [0.29, 0.717) is 6.04 Å². The molecule has 1 N–H and O–H groups in total. The number of aromatic nitrogens is 2. The molecule has 27 heavy (non-hydrogen) atoms. The average molecular weight is 364 g/mol. The maximum atomic E-state index is 5.05. The quantitative estimate of drug-likeness (QED) is 0.908. The van der Waals surface area contributed by atoms with Gasteiger partial charge in [-0.1, -0.05) is 36.8 Å². The van der Waals surface area contributed by atoms with Crippen molar-refractivity contribution in [3.63, 3.8) is 0 Å². The molecule has 5 nitrogen and oxygen atoms in total. The van der Waals surface area contributed by atoms with Gasteiger partial charge in [-0.05, 0) is 39.3 Å². The second-order valence-corrected chi connectivity index (χ2v) is 8.23. The Kier molecular flexibility index (Phi) is 4.58. The first kappa shape index (κ1) is 17.1. The first-order chi connectivity index (χ1) is 13.3. The first-order valence-corrected chi connectivity index (χ1v) is 10.5. The van der Waals surface area contributed by atoms with Crippen LogP contribution < -0.4 is 10.2 Å². The van der Waals surface area contributed by atoms with Crippen molar-refractivity contribution in [1.82, 2.24) is 20.2 Å². The van der Waals surface area contributed by atoms with Crippen molar-refractivity contribution in [2.45, 2.75) is 51.2 Å². The first-order valence-electron chi connectivity index (χ1n) is 10.5. The molecule has 1 atom stereocenters. The van der Waals surface area contributed by atoms with Gasteiger partial charge in [-0.2, -0.15) is 0 Å². The summed E-state index contributed by atoms with van der Waals surface area (Å²) in [7, 11) is 0. The summed E-state index contributed by atoms with van der Waals surface area (Å²) < 4.78 is 0. The van der Waals surface area contributed by atoms with Crippen molar-refractivity contribution in [3.05, 3.63) is 41.6 Å².